The Balaban J connectivity index is 1.91. The molecule has 0 saturated carbocycles. The first-order valence-electron chi connectivity index (χ1n) is 7.94. The lowest BCUT2D eigenvalue weighted by Gasteiger charge is -2.35. The number of nitrogens with zero attached hydrogens (tertiary/aromatic N) is 2. The van der Waals surface area contributed by atoms with Crippen molar-refractivity contribution in [2.75, 3.05) is 26.7 Å². The summed E-state index contributed by atoms with van der Waals surface area (Å²) in [4.78, 5) is 16.1. The van der Waals surface area contributed by atoms with Crippen LogP contribution >= 0.6 is 0 Å². The van der Waals surface area contributed by atoms with Gasteiger partial charge in [0.15, 0.2) is 0 Å². The largest absolute Gasteiger partial charge is 0.396 e. The topological polar surface area (TPSA) is 43.8 Å². The van der Waals surface area contributed by atoms with E-state index in [0.717, 1.165) is 25.8 Å². The zero-order chi connectivity index (χ0) is 15.9. The summed E-state index contributed by atoms with van der Waals surface area (Å²) in [5, 5.41) is 9.14. The smallest absolute Gasteiger partial charge is 0.236 e. The normalized spacial score (nSPS) is 19.1. The second-order valence-electron chi connectivity index (χ2n) is 5.97. The van der Waals surface area contributed by atoms with Crippen LogP contribution in [0.1, 0.15) is 31.2 Å². The number of aliphatic hydroxyl groups is 1. The van der Waals surface area contributed by atoms with Crippen molar-refractivity contribution >= 4 is 5.91 Å². The molecule has 1 aliphatic heterocycles. The summed E-state index contributed by atoms with van der Waals surface area (Å²) in [7, 11) is 1.71. The molecule has 2 rings (SSSR count). The molecule has 1 N–H and O–H groups in total. The quantitative estimate of drug-likeness (QED) is 0.874. The molecule has 0 aliphatic carbocycles. The molecule has 1 amide bonds. The summed E-state index contributed by atoms with van der Waals surface area (Å²) < 4.78 is 13.7. The van der Waals surface area contributed by atoms with Gasteiger partial charge in [0.2, 0.25) is 5.91 Å². The molecule has 22 heavy (non-hydrogen) atoms. The number of hydrogen-bond donors (Lipinski definition) is 1. The molecule has 0 spiro atoms. The van der Waals surface area contributed by atoms with Gasteiger partial charge >= 0.3 is 0 Å². The molecule has 1 fully saturated rings. The molecule has 4 nitrogen and oxygen atoms in total. The van der Waals surface area contributed by atoms with Crippen molar-refractivity contribution < 1.29 is 14.3 Å². The summed E-state index contributed by atoms with van der Waals surface area (Å²) in [5.41, 5.74) is 0.531. The molecule has 0 bridgehead atoms. The van der Waals surface area contributed by atoms with E-state index in [0.29, 0.717) is 18.5 Å². The van der Waals surface area contributed by atoms with Crippen LogP contribution < -0.4 is 0 Å². The van der Waals surface area contributed by atoms with Gasteiger partial charge < -0.3 is 10.0 Å². The highest BCUT2D eigenvalue weighted by atomic mass is 19.1. The number of amides is 1. The van der Waals surface area contributed by atoms with Crippen molar-refractivity contribution in [1.82, 2.24) is 9.80 Å². The van der Waals surface area contributed by atoms with E-state index in [9.17, 15) is 9.18 Å². The van der Waals surface area contributed by atoms with Crippen molar-refractivity contribution in [2.24, 2.45) is 0 Å². The third kappa shape index (κ3) is 4.52. The lowest BCUT2D eigenvalue weighted by molar-refractivity contribution is -0.132. The molecule has 1 aromatic carbocycles. The fourth-order valence-electron chi connectivity index (χ4n) is 3.01. The molecule has 1 unspecified atom stereocenters. The van der Waals surface area contributed by atoms with Gasteiger partial charge in [-0.15, -0.1) is 0 Å². The van der Waals surface area contributed by atoms with E-state index in [1.165, 1.54) is 6.07 Å². The van der Waals surface area contributed by atoms with E-state index in [1.54, 1.807) is 30.1 Å². The fraction of sp³-hybridized carbons (Fsp3) is 0.588. The number of hydrogen-bond acceptors (Lipinski definition) is 3. The maximum absolute atomic E-state index is 13.7. The van der Waals surface area contributed by atoms with Crippen LogP contribution in [0.2, 0.25) is 0 Å². The number of piperidine rings is 1. The van der Waals surface area contributed by atoms with Crippen LogP contribution in [0.3, 0.4) is 0 Å². The minimum absolute atomic E-state index is 0.00640. The van der Waals surface area contributed by atoms with E-state index >= 15 is 0 Å². The zero-order valence-electron chi connectivity index (χ0n) is 13.2. The second-order valence-corrected chi connectivity index (χ2v) is 5.97. The van der Waals surface area contributed by atoms with Gasteiger partial charge in [0.05, 0.1) is 6.54 Å². The Hall–Kier alpha value is -1.46. The number of halogens is 1. The monoisotopic (exact) mass is 308 g/mol. The summed E-state index contributed by atoms with van der Waals surface area (Å²) in [6.07, 6.45) is 3.99. The molecule has 5 heteroatoms. The van der Waals surface area contributed by atoms with Gasteiger partial charge in [0.25, 0.3) is 0 Å². The van der Waals surface area contributed by atoms with E-state index in [1.807, 2.05) is 0 Å². The molecule has 0 aromatic heterocycles. The molecular formula is C17H25FN2O2. The van der Waals surface area contributed by atoms with E-state index in [-0.39, 0.29) is 30.9 Å². The first kappa shape index (κ1) is 16.9. The molecule has 1 aliphatic rings. The number of carbonyl (C=O) groups is 1. The van der Waals surface area contributed by atoms with Crippen molar-refractivity contribution in [3.8, 4) is 0 Å². The number of carbonyl (C=O) groups excluding carboxylic acids is 1. The Bertz CT molecular complexity index is 493. The van der Waals surface area contributed by atoms with Gasteiger partial charge in [-0.2, -0.15) is 0 Å². The summed E-state index contributed by atoms with van der Waals surface area (Å²) in [5.74, 6) is -0.286. The minimum Gasteiger partial charge on any atom is -0.396 e. The summed E-state index contributed by atoms with van der Waals surface area (Å²) in [6.45, 7) is 1.67. The number of benzene rings is 1. The Morgan fingerprint density at radius 2 is 2.18 bits per heavy atom. The van der Waals surface area contributed by atoms with Gasteiger partial charge in [0, 0.05) is 31.8 Å². The van der Waals surface area contributed by atoms with E-state index in [4.69, 9.17) is 5.11 Å². The third-order valence-corrected chi connectivity index (χ3v) is 4.34. The number of likely N-dealkylation sites (tertiary alicyclic amines) is 1. The SMILES string of the molecule is CN(Cc1ccccc1F)C(=O)CN1CCCCC1CCO. The lowest BCUT2D eigenvalue weighted by Crippen LogP contribution is -2.46. The third-order valence-electron chi connectivity index (χ3n) is 4.34. The molecule has 122 valence electrons. The van der Waals surface area contributed by atoms with E-state index < -0.39 is 0 Å². The Labute approximate surface area is 131 Å². The number of likely N-dealkylation sites (N-methyl/N-ethyl adjacent to an activating group) is 1. The van der Waals surface area contributed by atoms with Crippen LogP contribution in [0.15, 0.2) is 24.3 Å². The van der Waals surface area contributed by atoms with Gasteiger partial charge in [-0.05, 0) is 31.9 Å². The van der Waals surface area contributed by atoms with Crippen LogP contribution in [0.5, 0.6) is 0 Å². The van der Waals surface area contributed by atoms with E-state index in [2.05, 4.69) is 4.90 Å². The first-order valence-corrected chi connectivity index (χ1v) is 7.94. The van der Waals surface area contributed by atoms with Gasteiger partial charge in [-0.3, -0.25) is 9.69 Å². The fourth-order valence-corrected chi connectivity index (χ4v) is 3.01. The van der Waals surface area contributed by atoms with Crippen LogP contribution in [0.4, 0.5) is 4.39 Å². The standard InChI is InChI=1S/C17H25FN2O2/c1-19(12-14-6-2-3-8-16(14)18)17(22)13-20-10-5-4-7-15(20)9-11-21/h2-3,6,8,15,21H,4-5,7,9-13H2,1H3. The van der Waals surface area contributed by atoms with Crippen molar-refractivity contribution in [1.29, 1.82) is 0 Å². The predicted molar refractivity (Wildman–Crippen MR) is 83.8 cm³/mol. The average molecular weight is 308 g/mol. The molecule has 1 atom stereocenters. The Morgan fingerprint density at radius 3 is 2.91 bits per heavy atom. The van der Waals surface area contributed by atoms with Crippen molar-refractivity contribution in [2.45, 2.75) is 38.3 Å². The lowest BCUT2D eigenvalue weighted by atomic mass is 9.99. The molecule has 1 saturated heterocycles. The van der Waals surface area contributed by atoms with Crippen molar-refractivity contribution in [3.63, 3.8) is 0 Å². The molecular weight excluding hydrogens is 283 g/mol. The summed E-state index contributed by atoms with van der Waals surface area (Å²) >= 11 is 0. The highest BCUT2D eigenvalue weighted by Crippen LogP contribution is 2.19. The van der Waals surface area contributed by atoms with Crippen molar-refractivity contribution in [3.05, 3.63) is 35.6 Å². The molecule has 1 aromatic rings. The maximum Gasteiger partial charge on any atom is 0.236 e. The maximum atomic E-state index is 13.7. The van der Waals surface area contributed by atoms with Crippen LogP contribution in [0.25, 0.3) is 0 Å². The van der Waals surface area contributed by atoms with Gasteiger partial charge in [0.1, 0.15) is 5.82 Å². The van der Waals surface area contributed by atoms with Gasteiger partial charge in [-0.1, -0.05) is 24.6 Å². The highest BCUT2D eigenvalue weighted by molar-refractivity contribution is 5.78. The second kappa shape index (κ2) is 8.25. The Kier molecular flexibility index (Phi) is 6.34. The van der Waals surface area contributed by atoms with Gasteiger partial charge in [-0.25, -0.2) is 4.39 Å². The summed E-state index contributed by atoms with van der Waals surface area (Å²) in [6, 6.07) is 6.82. The molecule has 1 heterocycles. The number of rotatable bonds is 6. The average Bonchev–Trinajstić information content (AvgIpc) is 2.51. The number of aliphatic hydroxyl groups excluding tert-OH is 1. The molecule has 0 radical (unpaired) electrons. The minimum atomic E-state index is -0.279. The Morgan fingerprint density at radius 1 is 1.41 bits per heavy atom. The van der Waals surface area contributed by atoms with Crippen LogP contribution in [-0.2, 0) is 11.3 Å². The van der Waals surface area contributed by atoms with Crippen LogP contribution in [-0.4, -0.2) is 53.6 Å². The first-order chi connectivity index (χ1) is 10.6. The zero-order valence-corrected chi connectivity index (χ0v) is 13.2. The highest BCUT2D eigenvalue weighted by Gasteiger charge is 2.25. The van der Waals surface area contributed by atoms with Crippen LogP contribution in [0, 0.1) is 5.82 Å². The predicted octanol–water partition coefficient (Wildman–Crippen LogP) is 2.02.